The predicted octanol–water partition coefficient (Wildman–Crippen LogP) is 10.8. The summed E-state index contributed by atoms with van der Waals surface area (Å²) in [6.07, 6.45) is 37.6. The number of hydrogen-bond donors (Lipinski definition) is 2. The quantitative estimate of drug-likeness (QED) is 0.228. The molecule has 0 spiro atoms. The van der Waals surface area contributed by atoms with Crippen LogP contribution in [0, 0.1) is 23.7 Å². The zero-order valence-corrected chi connectivity index (χ0v) is 31.4. The van der Waals surface area contributed by atoms with Crippen LogP contribution in [-0.2, 0) is 4.74 Å². The van der Waals surface area contributed by atoms with Gasteiger partial charge in [-0.25, -0.2) is 0 Å². The molecule has 52 heavy (non-hydrogen) atoms. The first-order valence-electron chi connectivity index (χ1n) is 20.2. The number of hydrogen-bond acceptors (Lipinski definition) is 5. The van der Waals surface area contributed by atoms with E-state index in [1.54, 1.807) is 6.07 Å². The third-order valence-corrected chi connectivity index (χ3v) is 12.5. The Bertz CT molecular complexity index is 1880. The Hall–Kier alpha value is -4.09. The molecule has 8 rings (SSSR count). The first-order valence-corrected chi connectivity index (χ1v) is 20.2. The van der Waals surface area contributed by atoms with E-state index in [1.807, 2.05) is 19.2 Å². The van der Waals surface area contributed by atoms with Crippen LogP contribution in [0.1, 0.15) is 96.5 Å². The first kappa shape index (κ1) is 35.0. The van der Waals surface area contributed by atoms with Crippen molar-refractivity contribution in [1.29, 1.82) is 0 Å². The molecular formula is C47H56N2O3. The van der Waals surface area contributed by atoms with Crippen LogP contribution in [0.4, 0.5) is 0 Å². The highest BCUT2D eigenvalue weighted by atomic mass is 16.5. The molecule has 6 unspecified atom stereocenters. The molecular weight excluding hydrogens is 641 g/mol. The summed E-state index contributed by atoms with van der Waals surface area (Å²) in [5.41, 5.74) is 11.3. The Kier molecular flexibility index (Phi) is 10.4. The summed E-state index contributed by atoms with van der Waals surface area (Å²) in [7, 11) is 1.90. The van der Waals surface area contributed by atoms with Crippen molar-refractivity contribution in [3.63, 3.8) is 0 Å². The minimum absolute atomic E-state index is 0.144. The summed E-state index contributed by atoms with van der Waals surface area (Å²) in [6.45, 7) is 5.14. The van der Waals surface area contributed by atoms with E-state index in [1.165, 1.54) is 77.5 Å². The van der Waals surface area contributed by atoms with E-state index in [0.29, 0.717) is 42.1 Å². The Balaban J connectivity index is 1.12. The second-order valence-corrected chi connectivity index (χ2v) is 15.7. The second-order valence-electron chi connectivity index (χ2n) is 15.7. The minimum atomic E-state index is -0.144. The van der Waals surface area contributed by atoms with Gasteiger partial charge in [0.15, 0.2) is 0 Å². The molecule has 7 aliphatic rings. The molecule has 5 heteroatoms. The zero-order chi connectivity index (χ0) is 35.6. The Morgan fingerprint density at radius 1 is 0.942 bits per heavy atom. The molecule has 1 heterocycles. The van der Waals surface area contributed by atoms with Gasteiger partial charge in [-0.2, -0.15) is 0 Å². The fraction of sp³-hybridized carbons (Fsp3) is 0.468. The molecule has 0 saturated heterocycles. The molecule has 1 aliphatic heterocycles. The molecule has 1 saturated carbocycles. The predicted molar refractivity (Wildman–Crippen MR) is 213 cm³/mol. The molecule has 5 nitrogen and oxygen atoms in total. The van der Waals surface area contributed by atoms with Crippen LogP contribution in [0.3, 0.4) is 0 Å². The van der Waals surface area contributed by atoms with Crippen molar-refractivity contribution in [3.05, 3.63) is 124 Å². The van der Waals surface area contributed by atoms with Gasteiger partial charge in [-0.3, -0.25) is 4.99 Å². The lowest BCUT2D eigenvalue weighted by Gasteiger charge is -2.42. The first-order chi connectivity index (χ1) is 25.6. The van der Waals surface area contributed by atoms with Gasteiger partial charge in [0.05, 0.1) is 18.8 Å². The van der Waals surface area contributed by atoms with Crippen molar-refractivity contribution in [2.45, 2.75) is 103 Å². The van der Waals surface area contributed by atoms with Gasteiger partial charge in [0.25, 0.3) is 0 Å². The molecule has 1 fully saturated rings. The maximum atomic E-state index is 11.5. The lowest BCUT2D eigenvalue weighted by Crippen LogP contribution is -2.35. The largest absolute Gasteiger partial charge is 0.507 e. The zero-order valence-electron chi connectivity index (χ0n) is 31.4. The second kappa shape index (κ2) is 15.5. The van der Waals surface area contributed by atoms with Gasteiger partial charge >= 0.3 is 0 Å². The maximum absolute atomic E-state index is 11.5. The highest BCUT2D eigenvalue weighted by Crippen LogP contribution is 2.52. The van der Waals surface area contributed by atoms with Crippen molar-refractivity contribution in [2.24, 2.45) is 28.7 Å². The van der Waals surface area contributed by atoms with Crippen LogP contribution < -0.4 is 10.1 Å². The van der Waals surface area contributed by atoms with E-state index in [4.69, 9.17) is 14.5 Å². The molecule has 2 N–H and O–H groups in total. The van der Waals surface area contributed by atoms with Gasteiger partial charge in [-0.15, -0.1) is 0 Å². The van der Waals surface area contributed by atoms with Crippen LogP contribution >= 0.6 is 0 Å². The smallest absolute Gasteiger partial charge is 0.133 e. The van der Waals surface area contributed by atoms with E-state index in [-0.39, 0.29) is 11.8 Å². The number of phenols is 1. The summed E-state index contributed by atoms with van der Waals surface area (Å²) >= 11 is 0. The number of nitrogens with zero attached hydrogens (tertiary/aromatic N) is 1. The van der Waals surface area contributed by atoms with Gasteiger partial charge < -0.3 is 19.9 Å². The number of methoxy groups -OCH3 is 1. The van der Waals surface area contributed by atoms with Gasteiger partial charge in [0, 0.05) is 47.8 Å². The standard InChI is InChI=1S/C47H56N2O3/c1-4-6-12-30(5-2)29-52-34-21-26-40(43(50)27-34)42-28-41(31-13-8-7-9-14-31)48-47(49-42)39-25-20-33-18-23-37-35(36-15-10-11-16-44(36)51-3)22-17-32-19-24-38(39)46(33)45(32)37/h8,13-14,18-19,21-28,30,32-33,36,41,44,50H,4-7,9-12,15-17,20,29H2,1-3H3,(H,48,49). The molecule has 6 aliphatic carbocycles. The molecule has 272 valence electrons. The van der Waals surface area contributed by atoms with Crippen molar-refractivity contribution in [1.82, 2.24) is 5.32 Å². The molecule has 1 aromatic carbocycles. The Morgan fingerprint density at radius 3 is 2.52 bits per heavy atom. The van der Waals surface area contributed by atoms with E-state index < -0.39 is 0 Å². The lowest BCUT2D eigenvalue weighted by atomic mass is 9.63. The lowest BCUT2D eigenvalue weighted by molar-refractivity contribution is 0.0379. The highest BCUT2D eigenvalue weighted by Gasteiger charge is 2.40. The number of unbranched alkanes of at least 4 members (excludes halogenated alkanes) is 1. The average molecular weight is 697 g/mol. The fourth-order valence-corrected chi connectivity index (χ4v) is 9.59. The molecule has 6 atom stereocenters. The van der Waals surface area contributed by atoms with E-state index in [9.17, 15) is 5.11 Å². The van der Waals surface area contributed by atoms with Gasteiger partial charge in [-0.1, -0.05) is 101 Å². The highest BCUT2D eigenvalue weighted by molar-refractivity contribution is 6.09. The van der Waals surface area contributed by atoms with Crippen molar-refractivity contribution in [3.8, 4) is 11.5 Å². The monoisotopic (exact) mass is 696 g/mol. The maximum Gasteiger partial charge on any atom is 0.133 e. The van der Waals surface area contributed by atoms with Crippen molar-refractivity contribution < 1.29 is 14.6 Å². The number of aromatic hydroxyl groups is 1. The molecule has 0 bridgehead atoms. The molecule has 0 amide bonds. The molecule has 0 aromatic heterocycles. The molecule has 1 aromatic rings. The summed E-state index contributed by atoms with van der Waals surface area (Å²) < 4.78 is 12.3. The average Bonchev–Trinajstić information content (AvgIpc) is 3.20. The number of phenolic OH excluding ortho intramolecular Hbond substituents is 1. The number of nitrogens with one attached hydrogen (secondary N) is 1. The summed E-state index contributed by atoms with van der Waals surface area (Å²) in [5, 5.41) is 15.2. The number of ether oxygens (including phenoxy) is 2. The van der Waals surface area contributed by atoms with E-state index in [2.05, 4.69) is 79.9 Å². The Labute approximate surface area is 311 Å². The van der Waals surface area contributed by atoms with Crippen LogP contribution in [0.25, 0.3) is 5.70 Å². The van der Waals surface area contributed by atoms with Crippen molar-refractivity contribution in [2.75, 3.05) is 13.7 Å². The minimum Gasteiger partial charge on any atom is -0.507 e. The fourth-order valence-electron chi connectivity index (χ4n) is 9.59. The van der Waals surface area contributed by atoms with Crippen LogP contribution in [0.2, 0.25) is 0 Å². The molecule has 0 radical (unpaired) electrons. The number of rotatable bonds is 12. The Morgan fingerprint density at radius 2 is 1.75 bits per heavy atom. The van der Waals surface area contributed by atoms with E-state index in [0.717, 1.165) is 55.6 Å². The summed E-state index contributed by atoms with van der Waals surface area (Å²) in [6, 6.07) is 5.63. The van der Waals surface area contributed by atoms with Crippen LogP contribution in [0.5, 0.6) is 11.5 Å². The number of aliphatic imine (C=N–C) groups is 1. The van der Waals surface area contributed by atoms with Gasteiger partial charge in [-0.05, 0) is 103 Å². The normalized spacial score (nSPS) is 28.3. The SMILES string of the molecule is CCCCC(CC)COc1ccc(C2=CC(C3=CCCC=C3)N=C(C3=CCC4C=CC5=C6C4=C3C=CC6CC=C5C3CCCCC3OC)N2)c(O)c1. The van der Waals surface area contributed by atoms with Crippen LogP contribution in [-0.4, -0.2) is 36.8 Å². The summed E-state index contributed by atoms with van der Waals surface area (Å²) in [5.74, 6) is 3.59. The number of amidine groups is 1. The number of allylic oxidation sites excluding steroid dienone is 11. The van der Waals surface area contributed by atoms with Crippen molar-refractivity contribution >= 4 is 11.5 Å². The number of benzene rings is 1. The van der Waals surface area contributed by atoms with Crippen LogP contribution in [0.15, 0.2) is 123 Å². The third kappa shape index (κ3) is 6.77. The van der Waals surface area contributed by atoms with Gasteiger partial charge in [0.2, 0.25) is 0 Å². The summed E-state index contributed by atoms with van der Waals surface area (Å²) in [4.78, 5) is 5.41. The third-order valence-electron chi connectivity index (χ3n) is 12.5. The topological polar surface area (TPSA) is 63.1 Å². The van der Waals surface area contributed by atoms with Gasteiger partial charge in [0.1, 0.15) is 17.3 Å². The van der Waals surface area contributed by atoms with E-state index >= 15 is 0 Å².